The number of rotatable bonds is 7. The Kier molecular flexibility index (Phi) is 6.88. The molecule has 4 aromatic rings. The summed E-state index contributed by atoms with van der Waals surface area (Å²) >= 11 is 12.4. The minimum absolute atomic E-state index is 0.00401. The zero-order chi connectivity index (χ0) is 27.1. The number of hydrogen-bond acceptors (Lipinski definition) is 8. The predicted molar refractivity (Wildman–Crippen MR) is 152 cm³/mol. The zero-order valence-corrected chi connectivity index (χ0v) is 22.2. The summed E-state index contributed by atoms with van der Waals surface area (Å²) in [5.41, 5.74) is 2.47. The van der Waals surface area contributed by atoms with Crippen LogP contribution in [-0.2, 0) is 0 Å². The maximum atomic E-state index is 15.3. The number of nitrogens with one attached hydrogen (secondary N) is 2. The van der Waals surface area contributed by atoms with Gasteiger partial charge in [0.05, 0.1) is 38.7 Å². The van der Waals surface area contributed by atoms with Crippen molar-refractivity contribution in [2.24, 2.45) is 11.1 Å². The van der Waals surface area contributed by atoms with Crippen LogP contribution in [0.2, 0.25) is 10.0 Å². The average Bonchev–Trinajstić information content (AvgIpc) is 3.79. The van der Waals surface area contributed by atoms with Gasteiger partial charge in [0.25, 0.3) is 0 Å². The van der Waals surface area contributed by atoms with Gasteiger partial charge in [0.15, 0.2) is 5.78 Å². The van der Waals surface area contributed by atoms with E-state index in [2.05, 4.69) is 30.7 Å². The summed E-state index contributed by atoms with van der Waals surface area (Å²) in [4.78, 5) is 35.6. The Morgan fingerprint density at radius 3 is 2.44 bits per heavy atom. The second-order valence-corrected chi connectivity index (χ2v) is 10.5. The standard InChI is InChI=1S/C28H23Cl2FN6O2/c29-21-9-16(10-22(30)27(21)36-39)18-11-19-24(12-23(18)31)33-14-20(28(38)15-1-2-15)26(19)35-17-3-4-25(34-13-17)37-7-5-32-6-8-37/h3-4,9-15,32H,1-2,5-8H2,(H,33,35). The fraction of sp³-hybridized carbons (Fsp3) is 0.250. The van der Waals surface area contributed by atoms with E-state index in [-0.39, 0.29) is 33.0 Å². The van der Waals surface area contributed by atoms with Crippen molar-refractivity contribution in [3.05, 3.63) is 75.1 Å². The third-order valence-corrected chi connectivity index (χ3v) is 7.62. The molecule has 6 rings (SSSR count). The molecule has 11 heteroatoms. The smallest absolute Gasteiger partial charge is 0.169 e. The number of halogens is 3. The number of nitroso groups, excluding NO2 is 1. The molecule has 8 nitrogen and oxygen atoms in total. The van der Waals surface area contributed by atoms with Crippen molar-refractivity contribution in [3.8, 4) is 11.1 Å². The summed E-state index contributed by atoms with van der Waals surface area (Å²) in [6.07, 6.45) is 4.90. The number of piperazine rings is 1. The number of nitrogens with zero attached hydrogens (tertiary/aromatic N) is 4. The van der Waals surface area contributed by atoms with Gasteiger partial charge < -0.3 is 15.5 Å². The van der Waals surface area contributed by atoms with Gasteiger partial charge in [-0.15, -0.1) is 4.91 Å². The number of Topliss-reactive ketones (excluding diaryl/α,β-unsaturated/α-hetero) is 1. The van der Waals surface area contributed by atoms with Crippen molar-refractivity contribution in [3.63, 3.8) is 0 Å². The maximum absolute atomic E-state index is 15.3. The van der Waals surface area contributed by atoms with E-state index in [1.54, 1.807) is 12.3 Å². The van der Waals surface area contributed by atoms with Crippen LogP contribution in [0.1, 0.15) is 23.2 Å². The molecule has 0 radical (unpaired) electrons. The molecule has 0 bridgehead atoms. The number of fused-ring (bicyclic) bond motifs is 1. The molecule has 1 aliphatic carbocycles. The fourth-order valence-corrected chi connectivity index (χ4v) is 5.37. The second kappa shape index (κ2) is 10.5. The Hall–Kier alpha value is -3.66. The second-order valence-electron chi connectivity index (χ2n) is 9.68. The van der Waals surface area contributed by atoms with Crippen LogP contribution < -0.4 is 15.5 Å². The molecule has 0 spiro atoms. The van der Waals surface area contributed by atoms with Gasteiger partial charge in [-0.3, -0.25) is 9.78 Å². The monoisotopic (exact) mass is 564 g/mol. The highest BCUT2D eigenvalue weighted by Gasteiger charge is 2.33. The van der Waals surface area contributed by atoms with Gasteiger partial charge >= 0.3 is 0 Å². The lowest BCUT2D eigenvalue weighted by molar-refractivity contribution is 0.0968. The van der Waals surface area contributed by atoms with Crippen LogP contribution in [0.25, 0.3) is 22.0 Å². The summed E-state index contributed by atoms with van der Waals surface area (Å²) < 4.78 is 15.3. The molecular weight excluding hydrogens is 542 g/mol. The molecule has 3 heterocycles. The van der Waals surface area contributed by atoms with Crippen LogP contribution in [0.4, 0.5) is 27.3 Å². The molecular formula is C28H23Cl2FN6O2. The van der Waals surface area contributed by atoms with E-state index in [9.17, 15) is 9.70 Å². The summed E-state index contributed by atoms with van der Waals surface area (Å²) in [5.74, 6) is 0.278. The van der Waals surface area contributed by atoms with Crippen LogP contribution >= 0.6 is 23.2 Å². The van der Waals surface area contributed by atoms with E-state index in [4.69, 9.17) is 23.2 Å². The minimum Gasteiger partial charge on any atom is -0.354 e. The van der Waals surface area contributed by atoms with Crippen LogP contribution in [0.15, 0.2) is 54.0 Å². The van der Waals surface area contributed by atoms with Crippen LogP contribution in [-0.4, -0.2) is 41.9 Å². The first-order valence-corrected chi connectivity index (χ1v) is 13.4. The van der Waals surface area contributed by atoms with E-state index in [0.29, 0.717) is 33.4 Å². The molecule has 1 aliphatic heterocycles. The first-order valence-electron chi connectivity index (χ1n) is 12.6. The number of hydrogen-bond donors (Lipinski definition) is 2. The Labute approximate surface area is 233 Å². The Balaban J connectivity index is 1.45. The van der Waals surface area contributed by atoms with E-state index >= 15 is 4.39 Å². The van der Waals surface area contributed by atoms with Crippen LogP contribution in [0, 0.1) is 16.6 Å². The Morgan fingerprint density at radius 2 is 1.79 bits per heavy atom. The highest BCUT2D eigenvalue weighted by atomic mass is 35.5. The third-order valence-electron chi connectivity index (χ3n) is 7.05. The zero-order valence-electron chi connectivity index (χ0n) is 20.7. The first-order chi connectivity index (χ1) is 18.9. The molecule has 2 fully saturated rings. The van der Waals surface area contributed by atoms with Gasteiger partial charge in [0.2, 0.25) is 0 Å². The molecule has 1 saturated heterocycles. The number of carbonyl (C=O) groups excluding carboxylic acids is 1. The third kappa shape index (κ3) is 5.05. The average molecular weight is 565 g/mol. The topological polar surface area (TPSA) is 99.6 Å². The molecule has 2 aromatic carbocycles. The van der Waals surface area contributed by atoms with Crippen molar-refractivity contribution in [2.45, 2.75) is 12.8 Å². The fourth-order valence-electron chi connectivity index (χ4n) is 4.82. The lowest BCUT2D eigenvalue weighted by Crippen LogP contribution is -2.43. The number of anilines is 3. The molecule has 198 valence electrons. The summed E-state index contributed by atoms with van der Waals surface area (Å²) in [6.45, 7) is 3.56. The lowest BCUT2D eigenvalue weighted by Gasteiger charge is -2.28. The van der Waals surface area contributed by atoms with Gasteiger partial charge in [0.1, 0.15) is 17.3 Å². The highest BCUT2D eigenvalue weighted by molar-refractivity contribution is 6.39. The van der Waals surface area contributed by atoms with Crippen molar-refractivity contribution < 1.29 is 9.18 Å². The van der Waals surface area contributed by atoms with E-state index in [1.165, 1.54) is 24.4 Å². The summed E-state index contributed by atoms with van der Waals surface area (Å²) in [5, 5.41) is 10.1. The van der Waals surface area contributed by atoms with Crippen molar-refractivity contribution in [2.75, 3.05) is 36.4 Å². The van der Waals surface area contributed by atoms with Gasteiger partial charge in [-0.1, -0.05) is 23.2 Å². The minimum atomic E-state index is -0.553. The maximum Gasteiger partial charge on any atom is 0.169 e. The molecule has 2 aromatic heterocycles. The first kappa shape index (κ1) is 25.6. The van der Waals surface area contributed by atoms with E-state index < -0.39 is 5.82 Å². The number of benzene rings is 2. The van der Waals surface area contributed by atoms with Crippen LogP contribution in [0.3, 0.4) is 0 Å². The van der Waals surface area contributed by atoms with Gasteiger partial charge in [0, 0.05) is 55.3 Å². The van der Waals surface area contributed by atoms with Crippen molar-refractivity contribution >= 4 is 62.8 Å². The Bertz CT molecular complexity index is 1580. The van der Waals surface area contributed by atoms with E-state index in [0.717, 1.165) is 44.8 Å². The molecule has 39 heavy (non-hydrogen) atoms. The highest BCUT2D eigenvalue weighted by Crippen LogP contribution is 2.41. The van der Waals surface area contributed by atoms with Crippen molar-refractivity contribution in [1.82, 2.24) is 15.3 Å². The summed E-state index contributed by atoms with van der Waals surface area (Å²) in [7, 11) is 0. The van der Waals surface area contributed by atoms with Gasteiger partial charge in [-0.05, 0) is 53.9 Å². The molecule has 0 unspecified atom stereocenters. The normalized spacial score (nSPS) is 15.4. The number of carbonyl (C=O) groups is 1. The molecule has 0 amide bonds. The van der Waals surface area contributed by atoms with Crippen molar-refractivity contribution in [1.29, 1.82) is 0 Å². The summed E-state index contributed by atoms with van der Waals surface area (Å²) in [6, 6.07) is 9.65. The van der Waals surface area contributed by atoms with Gasteiger partial charge in [-0.25, -0.2) is 9.37 Å². The predicted octanol–water partition coefficient (Wildman–Crippen LogP) is 6.89. The number of ketones is 1. The SMILES string of the molecule is O=Nc1c(Cl)cc(-c2cc3c(Nc4ccc(N5CCNCC5)nc4)c(C(=O)C4CC4)cnc3cc2F)cc1Cl. The number of pyridine rings is 2. The van der Waals surface area contributed by atoms with Crippen LogP contribution in [0.5, 0.6) is 0 Å². The molecule has 2 N–H and O–H groups in total. The molecule has 2 aliphatic rings. The van der Waals surface area contributed by atoms with E-state index in [1.807, 2.05) is 12.1 Å². The molecule has 0 atom stereocenters. The molecule has 1 saturated carbocycles. The number of aromatic nitrogens is 2. The van der Waals surface area contributed by atoms with Gasteiger partial charge in [-0.2, -0.15) is 0 Å². The quantitative estimate of drug-likeness (QED) is 0.186. The lowest BCUT2D eigenvalue weighted by atomic mass is 9.98. The Morgan fingerprint density at radius 1 is 1.05 bits per heavy atom. The largest absolute Gasteiger partial charge is 0.354 e.